The molecule has 8 fully saturated rings. The fraction of sp³-hybridized carbons (Fsp3) is 0.357. The third-order valence-corrected chi connectivity index (χ3v) is 16.2. The van der Waals surface area contributed by atoms with Crippen LogP contribution in [-0.4, -0.2) is 0 Å². The van der Waals surface area contributed by atoms with Crippen molar-refractivity contribution in [2.75, 3.05) is 4.90 Å². The summed E-state index contributed by atoms with van der Waals surface area (Å²) in [6.45, 7) is 0. The molecule has 0 heterocycles. The molecule has 8 aliphatic carbocycles. The van der Waals surface area contributed by atoms with Crippen LogP contribution in [0.1, 0.15) is 87.2 Å². The molecule has 1 heteroatoms. The van der Waals surface area contributed by atoms with Gasteiger partial charge in [-0.25, -0.2) is 0 Å². The first-order valence-corrected chi connectivity index (χ1v) is 22.5. The molecule has 284 valence electrons. The lowest BCUT2D eigenvalue weighted by Crippen LogP contribution is -2.44. The maximum atomic E-state index is 2.68. The maximum absolute atomic E-state index is 2.68. The van der Waals surface area contributed by atoms with Gasteiger partial charge in [-0.15, -0.1) is 0 Å². The summed E-state index contributed by atoms with van der Waals surface area (Å²) in [6, 6.07) is 58.0. The van der Waals surface area contributed by atoms with Crippen LogP contribution in [-0.2, 0) is 0 Å². The zero-order chi connectivity index (χ0) is 37.5. The summed E-state index contributed by atoms with van der Waals surface area (Å²) in [7, 11) is 0. The van der Waals surface area contributed by atoms with Crippen molar-refractivity contribution in [3.63, 3.8) is 0 Å². The van der Waals surface area contributed by atoms with Crippen LogP contribution in [0.15, 0.2) is 152 Å². The van der Waals surface area contributed by atoms with Crippen molar-refractivity contribution in [2.45, 2.75) is 76.0 Å². The van der Waals surface area contributed by atoms with E-state index in [1.165, 1.54) is 115 Å². The Hall–Kier alpha value is -4.88. The first-order chi connectivity index (χ1) is 28.2. The SMILES string of the molecule is c1ccc(-c2ccc(N(c3ccc(-c4ccccc4)cc3)c3ccc(-c4cccc(C5C6CC7CC(C6)CC5C7)c4)cc3C3C4CC5CC(C4)CC3C5)cc2)cc1. The van der Waals surface area contributed by atoms with Crippen LogP contribution in [0.3, 0.4) is 0 Å². The van der Waals surface area contributed by atoms with Crippen LogP contribution in [0.5, 0.6) is 0 Å². The van der Waals surface area contributed by atoms with Crippen molar-refractivity contribution in [1.82, 2.24) is 0 Å². The fourth-order valence-electron chi connectivity index (χ4n) is 14.3. The molecule has 57 heavy (non-hydrogen) atoms. The molecule has 0 aromatic heterocycles. The topological polar surface area (TPSA) is 3.24 Å². The van der Waals surface area contributed by atoms with Gasteiger partial charge in [-0.2, -0.15) is 0 Å². The summed E-state index contributed by atoms with van der Waals surface area (Å²) in [5.41, 5.74) is 14.9. The Morgan fingerprint density at radius 2 is 0.719 bits per heavy atom. The second kappa shape index (κ2) is 13.9. The van der Waals surface area contributed by atoms with Gasteiger partial charge in [-0.3, -0.25) is 0 Å². The van der Waals surface area contributed by atoms with Gasteiger partial charge < -0.3 is 4.90 Å². The van der Waals surface area contributed by atoms with Gasteiger partial charge in [-0.05, 0) is 204 Å². The van der Waals surface area contributed by atoms with Crippen LogP contribution < -0.4 is 4.90 Å². The van der Waals surface area contributed by atoms with Crippen LogP contribution in [0.4, 0.5) is 17.1 Å². The monoisotopic (exact) mass is 741 g/mol. The lowest BCUT2D eigenvalue weighted by Gasteiger charge is -2.55. The van der Waals surface area contributed by atoms with E-state index in [4.69, 9.17) is 0 Å². The van der Waals surface area contributed by atoms with Crippen molar-refractivity contribution in [2.24, 2.45) is 47.3 Å². The van der Waals surface area contributed by atoms with Gasteiger partial charge in [0, 0.05) is 17.1 Å². The highest BCUT2D eigenvalue weighted by Crippen LogP contribution is 2.62. The average Bonchev–Trinajstić information content (AvgIpc) is 3.25. The number of rotatable bonds is 8. The number of nitrogens with zero attached hydrogens (tertiary/aromatic N) is 1. The summed E-state index contributed by atoms with van der Waals surface area (Å²) in [5, 5.41) is 0. The highest BCUT2D eigenvalue weighted by atomic mass is 15.1. The lowest BCUT2D eigenvalue weighted by atomic mass is 9.50. The molecule has 14 rings (SSSR count). The Morgan fingerprint density at radius 3 is 1.21 bits per heavy atom. The zero-order valence-electron chi connectivity index (χ0n) is 33.2. The molecule has 8 aliphatic rings. The van der Waals surface area contributed by atoms with E-state index in [2.05, 4.69) is 157 Å². The highest BCUT2D eigenvalue weighted by Gasteiger charge is 2.50. The molecule has 0 saturated heterocycles. The van der Waals surface area contributed by atoms with Crippen molar-refractivity contribution in [1.29, 1.82) is 0 Å². The Morgan fingerprint density at radius 1 is 0.316 bits per heavy atom. The van der Waals surface area contributed by atoms with Gasteiger partial charge in [0.25, 0.3) is 0 Å². The van der Waals surface area contributed by atoms with Crippen molar-refractivity contribution in [3.8, 4) is 33.4 Å². The molecular formula is C56H55N. The van der Waals surface area contributed by atoms with E-state index in [-0.39, 0.29) is 0 Å². The first kappa shape index (κ1) is 34.2. The standard InChI is InChI=1S/C56H55N/c1-3-8-40(9-4-1)42-14-19-51(20-15-42)57(52-21-16-43(17-22-52)41-10-5-2-6-11-41)54-23-18-45(35-53(54)56-49-30-38-25-39(32-49)33-50(56)31-38)44-12-7-13-46(34-44)55-47-26-36-24-37(28-47)29-48(55)27-36/h1-23,34-39,47-50,55-56H,24-33H2. The van der Waals surface area contributed by atoms with Crippen LogP contribution in [0, 0.1) is 47.3 Å². The molecule has 0 radical (unpaired) electrons. The average molecular weight is 742 g/mol. The zero-order valence-corrected chi connectivity index (χ0v) is 33.2. The van der Waals surface area contributed by atoms with Crippen molar-refractivity contribution >= 4 is 17.1 Å². The Labute approximate surface area is 340 Å². The van der Waals surface area contributed by atoms with E-state index in [0.717, 1.165) is 53.3 Å². The molecule has 0 spiro atoms. The van der Waals surface area contributed by atoms with Gasteiger partial charge >= 0.3 is 0 Å². The predicted octanol–water partition coefficient (Wildman–Crippen LogP) is 15.2. The summed E-state index contributed by atoms with van der Waals surface area (Å²) in [6.07, 6.45) is 14.6. The van der Waals surface area contributed by atoms with Crippen molar-refractivity contribution in [3.05, 3.63) is 163 Å². The van der Waals surface area contributed by atoms with E-state index in [1.54, 1.807) is 11.1 Å². The third kappa shape index (κ3) is 6.11. The molecule has 6 aromatic carbocycles. The van der Waals surface area contributed by atoms with E-state index < -0.39 is 0 Å². The maximum Gasteiger partial charge on any atom is 0.0497 e. The van der Waals surface area contributed by atoms with Gasteiger partial charge in [0.2, 0.25) is 0 Å². The summed E-state index contributed by atoms with van der Waals surface area (Å²) >= 11 is 0. The molecule has 0 aliphatic heterocycles. The number of anilines is 3. The molecule has 0 atom stereocenters. The third-order valence-electron chi connectivity index (χ3n) is 16.2. The molecule has 8 saturated carbocycles. The molecule has 0 N–H and O–H groups in total. The smallest absolute Gasteiger partial charge is 0.0497 e. The normalized spacial score (nSPS) is 30.5. The summed E-state index contributed by atoms with van der Waals surface area (Å²) in [4.78, 5) is 2.60. The highest BCUT2D eigenvalue weighted by molar-refractivity contribution is 5.83. The predicted molar refractivity (Wildman–Crippen MR) is 237 cm³/mol. The van der Waals surface area contributed by atoms with Crippen LogP contribution in [0.25, 0.3) is 33.4 Å². The van der Waals surface area contributed by atoms with Gasteiger partial charge in [0.1, 0.15) is 0 Å². The quantitative estimate of drug-likeness (QED) is 0.150. The van der Waals surface area contributed by atoms with E-state index >= 15 is 0 Å². The Balaban J connectivity index is 0.985. The molecular weight excluding hydrogens is 687 g/mol. The minimum atomic E-state index is 0.607. The van der Waals surface area contributed by atoms with Gasteiger partial charge in [0.05, 0.1) is 0 Å². The summed E-state index contributed by atoms with van der Waals surface area (Å²) < 4.78 is 0. The second-order valence-electron chi connectivity index (χ2n) is 19.5. The largest absolute Gasteiger partial charge is 0.310 e. The first-order valence-electron chi connectivity index (χ1n) is 22.5. The van der Waals surface area contributed by atoms with E-state index in [9.17, 15) is 0 Å². The fourth-order valence-corrected chi connectivity index (χ4v) is 14.3. The Bertz CT molecular complexity index is 2230. The molecule has 6 aromatic rings. The van der Waals surface area contributed by atoms with Crippen LogP contribution >= 0.6 is 0 Å². The number of hydrogen-bond acceptors (Lipinski definition) is 1. The molecule has 8 bridgehead atoms. The van der Waals surface area contributed by atoms with E-state index in [1.807, 2.05) is 0 Å². The lowest BCUT2D eigenvalue weighted by molar-refractivity contribution is -0.00280. The number of benzene rings is 6. The van der Waals surface area contributed by atoms with Crippen LogP contribution in [0.2, 0.25) is 0 Å². The second-order valence-corrected chi connectivity index (χ2v) is 19.5. The van der Waals surface area contributed by atoms with Gasteiger partial charge in [0.15, 0.2) is 0 Å². The molecule has 1 nitrogen and oxygen atoms in total. The number of hydrogen-bond donors (Lipinski definition) is 0. The molecule has 0 amide bonds. The minimum Gasteiger partial charge on any atom is -0.310 e. The summed E-state index contributed by atoms with van der Waals surface area (Å²) in [5.74, 6) is 8.65. The van der Waals surface area contributed by atoms with E-state index in [0.29, 0.717) is 5.92 Å². The van der Waals surface area contributed by atoms with Gasteiger partial charge in [-0.1, -0.05) is 115 Å². The minimum absolute atomic E-state index is 0.607. The molecule has 0 unspecified atom stereocenters. The Kier molecular flexibility index (Phi) is 8.34. The van der Waals surface area contributed by atoms with Crippen molar-refractivity contribution < 1.29 is 0 Å².